The summed E-state index contributed by atoms with van der Waals surface area (Å²) in [7, 11) is 1.67. The molecule has 2 aromatic heterocycles. The second-order valence-electron chi connectivity index (χ2n) is 5.94. The van der Waals surface area contributed by atoms with E-state index < -0.39 is 5.91 Å². The highest BCUT2D eigenvalue weighted by Gasteiger charge is 2.28. The zero-order chi connectivity index (χ0) is 17.3. The van der Waals surface area contributed by atoms with Gasteiger partial charge in [0, 0.05) is 26.2 Å². The van der Waals surface area contributed by atoms with Gasteiger partial charge in [-0.25, -0.2) is 0 Å². The van der Waals surface area contributed by atoms with Crippen molar-refractivity contribution in [2.75, 3.05) is 18.4 Å². The normalized spacial score (nSPS) is 20.9. The number of morpholine rings is 1. The summed E-state index contributed by atoms with van der Waals surface area (Å²) in [4.78, 5) is 26.4. The van der Waals surface area contributed by atoms with Crippen molar-refractivity contribution in [1.82, 2.24) is 14.7 Å². The van der Waals surface area contributed by atoms with Gasteiger partial charge in [0.1, 0.15) is 5.82 Å². The number of anilines is 1. The van der Waals surface area contributed by atoms with Crippen LogP contribution in [0, 0.1) is 0 Å². The fraction of sp³-hybridized carbons (Fsp3) is 0.438. The predicted molar refractivity (Wildman–Crippen MR) is 85.8 cm³/mol. The number of nitrogens with zero attached hydrogens (tertiary/aromatic N) is 3. The molecular formula is C16H20N4O4. The van der Waals surface area contributed by atoms with E-state index in [0.29, 0.717) is 18.9 Å². The molecule has 0 aromatic carbocycles. The van der Waals surface area contributed by atoms with Gasteiger partial charge >= 0.3 is 0 Å². The molecular weight excluding hydrogens is 312 g/mol. The first-order valence-corrected chi connectivity index (χ1v) is 7.77. The standard InChI is InChI=1S/C16H20N4O4/c1-10-8-20(9-11(2)24-10)16(22)12-7-14(19(3)18-12)17-15(21)13-5-4-6-23-13/h4-7,10-11H,8-9H2,1-3H3,(H,17,21)/t10-,11-/m1/s1. The number of carbonyl (C=O) groups is 2. The Bertz CT molecular complexity index is 727. The van der Waals surface area contributed by atoms with Crippen LogP contribution in [0.5, 0.6) is 0 Å². The smallest absolute Gasteiger partial charge is 0.292 e. The minimum Gasteiger partial charge on any atom is -0.459 e. The molecule has 2 aromatic rings. The molecule has 1 N–H and O–H groups in total. The third-order valence-electron chi connectivity index (χ3n) is 3.79. The Morgan fingerprint density at radius 1 is 1.29 bits per heavy atom. The van der Waals surface area contributed by atoms with Gasteiger partial charge in [0.15, 0.2) is 11.5 Å². The van der Waals surface area contributed by atoms with Crippen LogP contribution in [-0.4, -0.2) is 51.8 Å². The molecule has 0 saturated carbocycles. The maximum atomic E-state index is 12.6. The number of rotatable bonds is 3. The number of amides is 2. The van der Waals surface area contributed by atoms with Gasteiger partial charge in [0.25, 0.3) is 11.8 Å². The van der Waals surface area contributed by atoms with Crippen molar-refractivity contribution >= 4 is 17.6 Å². The van der Waals surface area contributed by atoms with Crippen LogP contribution in [0.25, 0.3) is 0 Å². The summed E-state index contributed by atoms with van der Waals surface area (Å²) in [6.07, 6.45) is 1.40. The van der Waals surface area contributed by atoms with Gasteiger partial charge in [-0.05, 0) is 26.0 Å². The van der Waals surface area contributed by atoms with E-state index in [0.717, 1.165) is 0 Å². The van der Waals surface area contributed by atoms with Crippen LogP contribution in [0.2, 0.25) is 0 Å². The predicted octanol–water partition coefficient (Wildman–Crippen LogP) is 1.51. The number of ether oxygens (including phenoxy) is 1. The monoisotopic (exact) mass is 332 g/mol. The molecule has 0 unspecified atom stereocenters. The van der Waals surface area contributed by atoms with Gasteiger partial charge in [0.2, 0.25) is 0 Å². The maximum absolute atomic E-state index is 12.6. The zero-order valence-electron chi connectivity index (χ0n) is 13.9. The summed E-state index contributed by atoms with van der Waals surface area (Å²) in [5.41, 5.74) is 0.286. The molecule has 128 valence electrons. The molecule has 0 spiro atoms. The first kappa shape index (κ1) is 16.3. The molecule has 2 amide bonds. The van der Waals surface area contributed by atoms with Crippen molar-refractivity contribution in [2.24, 2.45) is 7.05 Å². The zero-order valence-corrected chi connectivity index (χ0v) is 13.9. The average molecular weight is 332 g/mol. The summed E-state index contributed by atoms with van der Waals surface area (Å²) in [6, 6.07) is 4.76. The Labute approximate surface area is 139 Å². The molecule has 3 heterocycles. The second-order valence-corrected chi connectivity index (χ2v) is 5.94. The Balaban J connectivity index is 1.73. The summed E-state index contributed by atoms with van der Waals surface area (Å²) in [6.45, 7) is 4.91. The third-order valence-corrected chi connectivity index (χ3v) is 3.79. The van der Waals surface area contributed by atoms with Crippen LogP contribution >= 0.6 is 0 Å². The van der Waals surface area contributed by atoms with Gasteiger partial charge in [-0.3, -0.25) is 14.3 Å². The average Bonchev–Trinajstić information content (AvgIpc) is 3.16. The topological polar surface area (TPSA) is 89.6 Å². The fourth-order valence-corrected chi connectivity index (χ4v) is 2.78. The third kappa shape index (κ3) is 3.33. The van der Waals surface area contributed by atoms with E-state index in [1.54, 1.807) is 30.1 Å². The summed E-state index contributed by atoms with van der Waals surface area (Å²) in [5, 5.41) is 6.89. The lowest BCUT2D eigenvalue weighted by Crippen LogP contribution is -2.48. The summed E-state index contributed by atoms with van der Waals surface area (Å²) in [5.74, 6) is 0.0516. The van der Waals surface area contributed by atoms with E-state index >= 15 is 0 Å². The number of hydrogen-bond donors (Lipinski definition) is 1. The van der Waals surface area contributed by atoms with Crippen LogP contribution in [-0.2, 0) is 11.8 Å². The van der Waals surface area contributed by atoms with Crippen molar-refractivity contribution in [3.63, 3.8) is 0 Å². The van der Waals surface area contributed by atoms with Gasteiger partial charge < -0.3 is 19.4 Å². The van der Waals surface area contributed by atoms with Crippen molar-refractivity contribution in [2.45, 2.75) is 26.1 Å². The van der Waals surface area contributed by atoms with E-state index in [2.05, 4.69) is 10.4 Å². The lowest BCUT2D eigenvalue weighted by Gasteiger charge is -2.34. The number of aromatic nitrogens is 2. The van der Waals surface area contributed by atoms with Crippen LogP contribution < -0.4 is 5.32 Å². The highest BCUT2D eigenvalue weighted by atomic mass is 16.5. The van der Waals surface area contributed by atoms with E-state index in [1.807, 2.05) is 13.8 Å². The van der Waals surface area contributed by atoms with Crippen LogP contribution in [0.1, 0.15) is 34.9 Å². The first-order valence-electron chi connectivity index (χ1n) is 7.77. The molecule has 8 nitrogen and oxygen atoms in total. The maximum Gasteiger partial charge on any atom is 0.292 e. The Morgan fingerprint density at radius 3 is 2.62 bits per heavy atom. The minimum absolute atomic E-state index is 0.0143. The molecule has 2 atom stereocenters. The second kappa shape index (κ2) is 6.48. The number of hydrogen-bond acceptors (Lipinski definition) is 5. The highest BCUT2D eigenvalue weighted by molar-refractivity contribution is 6.02. The van der Waals surface area contributed by atoms with Crippen LogP contribution in [0.4, 0.5) is 5.82 Å². The molecule has 3 rings (SSSR count). The van der Waals surface area contributed by atoms with Gasteiger partial charge in [-0.15, -0.1) is 0 Å². The largest absolute Gasteiger partial charge is 0.459 e. The SMILES string of the molecule is C[C@@H]1CN(C(=O)c2cc(NC(=O)c3ccco3)n(C)n2)C[C@@H](C)O1. The Hall–Kier alpha value is -2.61. The van der Waals surface area contributed by atoms with E-state index in [1.165, 1.54) is 10.9 Å². The minimum atomic E-state index is -0.393. The van der Waals surface area contributed by atoms with Crippen molar-refractivity contribution < 1.29 is 18.7 Å². The molecule has 0 radical (unpaired) electrons. The fourth-order valence-electron chi connectivity index (χ4n) is 2.78. The quantitative estimate of drug-likeness (QED) is 0.920. The van der Waals surface area contributed by atoms with Gasteiger partial charge in [0.05, 0.1) is 18.5 Å². The van der Waals surface area contributed by atoms with E-state index in [-0.39, 0.29) is 29.6 Å². The Kier molecular flexibility index (Phi) is 4.39. The molecule has 1 fully saturated rings. The molecule has 1 saturated heterocycles. The molecule has 0 bridgehead atoms. The molecule has 1 aliphatic heterocycles. The summed E-state index contributed by atoms with van der Waals surface area (Å²) >= 11 is 0. The molecule has 0 aliphatic carbocycles. The van der Waals surface area contributed by atoms with Gasteiger partial charge in [-0.1, -0.05) is 0 Å². The van der Waals surface area contributed by atoms with Crippen molar-refractivity contribution in [3.05, 3.63) is 35.9 Å². The Morgan fingerprint density at radius 2 is 2.00 bits per heavy atom. The first-order chi connectivity index (χ1) is 11.4. The summed E-state index contributed by atoms with van der Waals surface area (Å²) < 4.78 is 12.1. The number of aryl methyl sites for hydroxylation is 1. The highest BCUT2D eigenvalue weighted by Crippen LogP contribution is 2.17. The number of nitrogens with one attached hydrogen (secondary N) is 1. The van der Waals surface area contributed by atoms with Crippen molar-refractivity contribution in [3.8, 4) is 0 Å². The number of carbonyl (C=O) groups excluding carboxylic acids is 2. The molecule has 1 aliphatic rings. The van der Waals surface area contributed by atoms with Crippen LogP contribution in [0.15, 0.2) is 28.9 Å². The van der Waals surface area contributed by atoms with Crippen LogP contribution in [0.3, 0.4) is 0 Å². The lowest BCUT2D eigenvalue weighted by atomic mass is 10.2. The van der Waals surface area contributed by atoms with Crippen molar-refractivity contribution in [1.29, 1.82) is 0 Å². The van der Waals surface area contributed by atoms with E-state index in [4.69, 9.17) is 9.15 Å². The molecule has 8 heteroatoms. The number of furan rings is 1. The molecule has 24 heavy (non-hydrogen) atoms. The lowest BCUT2D eigenvalue weighted by molar-refractivity contribution is -0.0587. The van der Waals surface area contributed by atoms with Gasteiger partial charge in [-0.2, -0.15) is 5.10 Å². The van der Waals surface area contributed by atoms with E-state index in [9.17, 15) is 9.59 Å².